The number of carbonyl (C=O) groups excluding carboxylic acids is 1. The maximum Gasteiger partial charge on any atom is 0.264 e. The number of benzene rings is 2. The summed E-state index contributed by atoms with van der Waals surface area (Å²) in [5.74, 6) is 0.743. The van der Waals surface area contributed by atoms with Crippen molar-refractivity contribution in [3.63, 3.8) is 0 Å². The van der Waals surface area contributed by atoms with Gasteiger partial charge in [0.15, 0.2) is 0 Å². The topological polar surface area (TPSA) is 113 Å². The number of allylic oxidation sites excluding steroid dienone is 1. The van der Waals surface area contributed by atoms with Crippen LogP contribution in [0.1, 0.15) is 67.4 Å². The molecule has 3 saturated carbocycles. The molecule has 1 N–H and O–H groups in total. The van der Waals surface area contributed by atoms with Crippen molar-refractivity contribution in [1.82, 2.24) is 4.72 Å². The van der Waals surface area contributed by atoms with Crippen LogP contribution < -0.4 is 14.4 Å². The van der Waals surface area contributed by atoms with Crippen molar-refractivity contribution in [3.05, 3.63) is 70.3 Å². The van der Waals surface area contributed by atoms with E-state index in [1.54, 1.807) is 20.1 Å². The smallest absolute Gasteiger partial charge is 0.264 e. The zero-order valence-corrected chi connectivity index (χ0v) is 32.2. The predicted octanol–water partition coefficient (Wildman–Crippen LogP) is 5.95. The van der Waals surface area contributed by atoms with Crippen LogP contribution >= 0.6 is 11.6 Å². The van der Waals surface area contributed by atoms with Gasteiger partial charge in [-0.2, -0.15) is 0 Å². The number of halogens is 1. The van der Waals surface area contributed by atoms with Crippen LogP contribution in [0.2, 0.25) is 5.02 Å². The van der Waals surface area contributed by atoms with E-state index < -0.39 is 21.2 Å². The molecule has 2 heterocycles. The van der Waals surface area contributed by atoms with Gasteiger partial charge in [-0.25, -0.2) is 13.1 Å². The van der Waals surface area contributed by atoms with E-state index in [1.165, 1.54) is 11.1 Å². The van der Waals surface area contributed by atoms with E-state index >= 15 is 0 Å². The summed E-state index contributed by atoms with van der Waals surface area (Å²) in [4.78, 5) is 16.0. The Morgan fingerprint density at radius 2 is 1.77 bits per heavy atom. The van der Waals surface area contributed by atoms with Crippen molar-refractivity contribution in [2.75, 3.05) is 71.3 Å². The van der Waals surface area contributed by atoms with Crippen LogP contribution in [-0.4, -0.2) is 92.1 Å². The molecule has 4 bridgehead atoms. The van der Waals surface area contributed by atoms with Gasteiger partial charge in [0.25, 0.3) is 5.91 Å². The number of nitrogens with one attached hydrogen (secondary N) is 1. The van der Waals surface area contributed by atoms with Crippen molar-refractivity contribution >= 4 is 33.2 Å². The fourth-order valence-electron chi connectivity index (χ4n) is 9.35. The maximum absolute atomic E-state index is 13.6. The van der Waals surface area contributed by atoms with Crippen LogP contribution in [0, 0.1) is 23.2 Å². The summed E-state index contributed by atoms with van der Waals surface area (Å²) >= 11 is 6.48. The number of ether oxygens (including phenoxy) is 5. The first-order chi connectivity index (χ1) is 25.0. The van der Waals surface area contributed by atoms with Gasteiger partial charge in [-0.15, -0.1) is 0 Å². The van der Waals surface area contributed by atoms with E-state index in [0.29, 0.717) is 82.4 Å². The second kappa shape index (κ2) is 15.6. The van der Waals surface area contributed by atoms with Gasteiger partial charge in [0.05, 0.1) is 63.3 Å². The molecule has 5 atom stereocenters. The van der Waals surface area contributed by atoms with Crippen LogP contribution in [0.4, 0.5) is 5.69 Å². The summed E-state index contributed by atoms with van der Waals surface area (Å²) < 4.78 is 59.0. The third-order valence-corrected chi connectivity index (χ3v) is 14.6. The van der Waals surface area contributed by atoms with Gasteiger partial charge < -0.3 is 28.6 Å². The fraction of sp³-hybridized carbons (Fsp3) is 0.625. The molecule has 2 aromatic carbocycles. The molecule has 1 amide bonds. The fourth-order valence-corrected chi connectivity index (χ4v) is 10.8. The first-order valence-electron chi connectivity index (χ1n) is 18.8. The summed E-state index contributed by atoms with van der Waals surface area (Å²) in [5.41, 5.74) is 3.44. The number of fused-ring (bicyclic) bond motifs is 3. The van der Waals surface area contributed by atoms with Gasteiger partial charge in [0.2, 0.25) is 10.0 Å². The highest BCUT2D eigenvalue weighted by molar-refractivity contribution is 7.90. The van der Waals surface area contributed by atoms with Gasteiger partial charge in [-0.05, 0) is 110 Å². The van der Waals surface area contributed by atoms with E-state index in [2.05, 4.69) is 33.9 Å². The van der Waals surface area contributed by atoms with Crippen molar-refractivity contribution in [1.29, 1.82) is 0 Å². The highest BCUT2D eigenvalue weighted by Gasteiger charge is 2.67. The first-order valence-corrected chi connectivity index (χ1v) is 20.8. The predicted molar refractivity (Wildman–Crippen MR) is 201 cm³/mol. The van der Waals surface area contributed by atoms with E-state index in [4.69, 9.17) is 35.3 Å². The molecule has 6 aliphatic rings. The minimum atomic E-state index is -3.95. The minimum absolute atomic E-state index is 0.0353. The van der Waals surface area contributed by atoms with Crippen LogP contribution in [0.15, 0.2) is 48.6 Å². The Hall–Kier alpha value is -2.67. The lowest BCUT2D eigenvalue weighted by Crippen LogP contribution is -2.69. The van der Waals surface area contributed by atoms with E-state index in [-0.39, 0.29) is 22.9 Å². The third-order valence-electron chi connectivity index (χ3n) is 12.4. The molecule has 3 fully saturated rings. The summed E-state index contributed by atoms with van der Waals surface area (Å²) in [5, 5.41) is -0.0405. The number of anilines is 1. The lowest BCUT2D eigenvalue weighted by atomic mass is 9.36. The lowest BCUT2D eigenvalue weighted by molar-refractivity contribution is -0.227. The normalized spacial score (nSPS) is 32.7. The number of hydrogen-bond acceptors (Lipinski definition) is 9. The van der Waals surface area contributed by atoms with Gasteiger partial charge in [0, 0.05) is 36.2 Å². The van der Waals surface area contributed by atoms with Gasteiger partial charge in [0.1, 0.15) is 5.75 Å². The Labute approximate surface area is 313 Å². The molecule has 2 spiro atoms. The third kappa shape index (κ3) is 7.51. The molecule has 0 unspecified atom stereocenters. The number of nitrogens with zero attached hydrogens (tertiary/aromatic N) is 1. The number of aryl methyl sites for hydroxylation is 1. The Bertz CT molecular complexity index is 1750. The van der Waals surface area contributed by atoms with E-state index in [1.807, 2.05) is 25.1 Å². The number of rotatable bonds is 10. The average molecular weight is 757 g/mol. The lowest BCUT2D eigenvalue weighted by Gasteiger charge is -2.71. The molecular weight excluding hydrogens is 704 g/mol. The molecule has 12 heteroatoms. The second-order valence-electron chi connectivity index (χ2n) is 15.7. The summed E-state index contributed by atoms with van der Waals surface area (Å²) in [6.07, 6.45) is 9.87. The largest absolute Gasteiger partial charge is 0.490 e. The molecule has 10 nitrogen and oxygen atoms in total. The van der Waals surface area contributed by atoms with Crippen molar-refractivity contribution in [2.45, 2.75) is 69.1 Å². The number of methoxy groups -OCH3 is 1. The summed E-state index contributed by atoms with van der Waals surface area (Å²) in [6.45, 7) is 8.57. The van der Waals surface area contributed by atoms with Gasteiger partial charge in [-0.3, -0.25) is 4.79 Å². The van der Waals surface area contributed by atoms with Crippen molar-refractivity contribution in [3.8, 4) is 5.75 Å². The highest BCUT2D eigenvalue weighted by atomic mass is 35.5. The Morgan fingerprint density at radius 1 is 1.00 bits per heavy atom. The van der Waals surface area contributed by atoms with Gasteiger partial charge in [-0.1, -0.05) is 36.7 Å². The molecular formula is C40H53ClN2O8S. The molecule has 284 valence electrons. The molecule has 0 saturated heterocycles. The molecule has 0 radical (unpaired) electrons. The standard InChI is InChI=1S/C40H53ClN2O8S/c1-27-6-4-8-36(50-19-18-49-17-16-48-15-14-47-3)37-31-22-40(37,23-31)25-43-24-39(13-5-7-29-20-32(41)10-11-33(29)39)26-51-35-12-9-30(21-34(35)43)38(44)42-52(45,46)28(27)2/h4,8-12,20-21,27-28,31,36-37H,5-7,13-19,22-26H2,1-3H3,(H,42,44)/b8-4+/t27-,28+,31?,36-,37-,39-,40?/m0/s1. The number of sulfonamides is 1. The van der Waals surface area contributed by atoms with Crippen LogP contribution in [0.25, 0.3) is 0 Å². The Balaban J connectivity index is 1.19. The van der Waals surface area contributed by atoms with Crippen LogP contribution in [0.3, 0.4) is 0 Å². The van der Waals surface area contributed by atoms with Crippen molar-refractivity contribution in [2.24, 2.45) is 23.2 Å². The number of hydrogen-bond donors (Lipinski definition) is 1. The molecule has 2 aliphatic heterocycles. The molecule has 8 rings (SSSR count). The van der Waals surface area contributed by atoms with E-state index in [0.717, 1.165) is 49.4 Å². The van der Waals surface area contributed by atoms with Crippen LogP contribution in [-0.2, 0) is 40.8 Å². The maximum atomic E-state index is 13.6. The average Bonchev–Trinajstić information content (AvgIpc) is 3.24. The van der Waals surface area contributed by atoms with Crippen LogP contribution in [0.5, 0.6) is 5.75 Å². The van der Waals surface area contributed by atoms with Gasteiger partial charge >= 0.3 is 0 Å². The van der Waals surface area contributed by atoms with E-state index in [9.17, 15) is 13.2 Å². The number of amides is 1. The highest BCUT2D eigenvalue weighted by Crippen LogP contribution is 2.71. The summed E-state index contributed by atoms with van der Waals surface area (Å²) in [6, 6.07) is 11.6. The quantitative estimate of drug-likeness (QED) is 0.232. The zero-order valence-electron chi connectivity index (χ0n) is 30.6. The Morgan fingerprint density at radius 3 is 2.52 bits per heavy atom. The molecule has 2 aromatic rings. The molecule has 52 heavy (non-hydrogen) atoms. The SMILES string of the molecule is COCCOCCOCCO[C@H]1/C=C/C[C@H](C)[C@@H](C)S(=O)(=O)NC(=O)c2ccc3c(c2)N(CC24CC(C2)[C@@H]14)C[C@@]1(CCCc2cc(Cl)ccc21)CO3. The summed E-state index contributed by atoms with van der Waals surface area (Å²) in [7, 11) is -2.30. The Kier molecular flexibility index (Phi) is 11.3. The first kappa shape index (κ1) is 37.6. The monoisotopic (exact) mass is 756 g/mol. The molecule has 0 aromatic heterocycles. The molecule has 4 aliphatic carbocycles. The minimum Gasteiger partial charge on any atom is -0.490 e. The second-order valence-corrected chi connectivity index (χ2v) is 18.2. The van der Waals surface area contributed by atoms with Crippen molar-refractivity contribution < 1.29 is 36.9 Å². The number of carbonyl (C=O) groups is 1. The zero-order chi connectivity index (χ0) is 36.5.